The lowest BCUT2D eigenvalue weighted by Gasteiger charge is -2.12. The van der Waals surface area contributed by atoms with Crippen molar-refractivity contribution in [3.8, 4) is 0 Å². The van der Waals surface area contributed by atoms with Crippen LogP contribution in [0.1, 0.15) is 6.92 Å². The largest absolute Gasteiger partial charge is 0.481 e. The number of carbonyl (C=O) groups is 2. The van der Waals surface area contributed by atoms with Gasteiger partial charge in [0.25, 0.3) is 10.1 Å². The van der Waals surface area contributed by atoms with Crippen molar-refractivity contribution in [1.82, 2.24) is 0 Å². The number of aliphatic carboxylic acids is 2. The van der Waals surface area contributed by atoms with Crippen LogP contribution in [0.4, 0.5) is 0 Å². The molecule has 0 aliphatic heterocycles. The van der Waals surface area contributed by atoms with E-state index >= 15 is 0 Å². The van der Waals surface area contributed by atoms with Crippen molar-refractivity contribution < 1.29 is 32.8 Å². The van der Waals surface area contributed by atoms with Crippen LogP contribution in [0.15, 0.2) is 0 Å². The number of hydrogen-bond acceptors (Lipinski definition) is 4. The van der Waals surface area contributed by atoms with Crippen molar-refractivity contribution in [3.05, 3.63) is 0 Å². The average Bonchev–Trinajstić information content (AvgIpc) is 1.82. The minimum atomic E-state index is -4.65. The second-order valence-corrected chi connectivity index (χ2v) is 4.15. The topological polar surface area (TPSA) is 129 Å². The molecule has 0 aliphatic rings. The van der Waals surface area contributed by atoms with Crippen LogP contribution >= 0.6 is 0 Å². The SMILES string of the molecule is CC(C(C(=O)O)C(=O)O)S(=O)(=O)O. The van der Waals surface area contributed by atoms with Crippen LogP contribution in [0.2, 0.25) is 0 Å². The summed E-state index contributed by atoms with van der Waals surface area (Å²) in [6, 6.07) is 0. The molecule has 0 rings (SSSR count). The van der Waals surface area contributed by atoms with Gasteiger partial charge in [0.1, 0.15) is 5.25 Å². The molecule has 7 nitrogen and oxygen atoms in total. The summed E-state index contributed by atoms with van der Waals surface area (Å²) in [4.78, 5) is 20.5. The van der Waals surface area contributed by atoms with Crippen LogP contribution in [0.3, 0.4) is 0 Å². The van der Waals surface area contributed by atoms with Crippen LogP contribution in [-0.4, -0.2) is 40.4 Å². The molecule has 8 heteroatoms. The van der Waals surface area contributed by atoms with Gasteiger partial charge in [-0.3, -0.25) is 14.1 Å². The van der Waals surface area contributed by atoms with Crippen molar-refractivity contribution in [2.45, 2.75) is 12.2 Å². The van der Waals surface area contributed by atoms with E-state index < -0.39 is 33.2 Å². The highest BCUT2D eigenvalue weighted by Gasteiger charge is 2.39. The molecule has 1 unspecified atom stereocenters. The van der Waals surface area contributed by atoms with Crippen LogP contribution in [0.5, 0.6) is 0 Å². The second kappa shape index (κ2) is 3.71. The Balaban J connectivity index is 5.00. The fraction of sp³-hybridized carbons (Fsp3) is 0.600. The number of carboxylic acids is 2. The molecule has 0 spiro atoms. The average molecular weight is 212 g/mol. The highest BCUT2D eigenvalue weighted by atomic mass is 32.2. The summed E-state index contributed by atoms with van der Waals surface area (Å²) in [5.41, 5.74) is 0. The van der Waals surface area contributed by atoms with Crippen LogP contribution < -0.4 is 0 Å². The minimum absolute atomic E-state index is 0.808. The third kappa shape index (κ3) is 2.99. The summed E-state index contributed by atoms with van der Waals surface area (Å²) in [6.07, 6.45) is 0. The lowest BCUT2D eigenvalue weighted by Crippen LogP contribution is -2.37. The fourth-order valence-electron chi connectivity index (χ4n) is 0.679. The van der Waals surface area contributed by atoms with Crippen molar-refractivity contribution in [1.29, 1.82) is 0 Å². The van der Waals surface area contributed by atoms with Gasteiger partial charge in [-0.1, -0.05) is 0 Å². The van der Waals surface area contributed by atoms with E-state index in [1.54, 1.807) is 0 Å². The van der Waals surface area contributed by atoms with Gasteiger partial charge in [-0.05, 0) is 6.92 Å². The summed E-state index contributed by atoms with van der Waals surface area (Å²) >= 11 is 0. The van der Waals surface area contributed by atoms with E-state index in [2.05, 4.69) is 0 Å². The molecule has 1 atom stereocenters. The summed E-state index contributed by atoms with van der Waals surface area (Å²) < 4.78 is 29.2. The molecule has 3 N–H and O–H groups in total. The number of hydrogen-bond donors (Lipinski definition) is 3. The summed E-state index contributed by atoms with van der Waals surface area (Å²) in [5, 5.41) is 14.8. The van der Waals surface area contributed by atoms with Crippen molar-refractivity contribution in [3.63, 3.8) is 0 Å². The Morgan fingerprint density at radius 2 is 1.46 bits per heavy atom. The highest BCUT2D eigenvalue weighted by Crippen LogP contribution is 2.12. The summed E-state index contributed by atoms with van der Waals surface area (Å²) in [6.45, 7) is 0.808. The highest BCUT2D eigenvalue weighted by molar-refractivity contribution is 7.86. The van der Waals surface area contributed by atoms with E-state index in [1.165, 1.54) is 0 Å². The predicted octanol–water partition coefficient (Wildman–Crippen LogP) is -0.952. The Morgan fingerprint density at radius 3 is 1.54 bits per heavy atom. The first-order chi connectivity index (χ1) is 5.68. The fourth-order valence-corrected chi connectivity index (χ4v) is 1.26. The third-order valence-corrected chi connectivity index (χ3v) is 2.68. The third-order valence-electron chi connectivity index (χ3n) is 1.47. The molecule has 0 bridgehead atoms. The molecule has 0 aromatic rings. The Labute approximate surface area is 73.7 Å². The van der Waals surface area contributed by atoms with E-state index in [4.69, 9.17) is 14.8 Å². The van der Waals surface area contributed by atoms with Gasteiger partial charge in [-0.2, -0.15) is 8.42 Å². The van der Waals surface area contributed by atoms with Gasteiger partial charge < -0.3 is 10.2 Å². The molecule has 0 aromatic heterocycles. The van der Waals surface area contributed by atoms with Crippen molar-refractivity contribution in [2.75, 3.05) is 0 Å². The van der Waals surface area contributed by atoms with Gasteiger partial charge in [-0.25, -0.2) is 0 Å². The zero-order chi connectivity index (χ0) is 10.8. The molecule has 0 amide bonds. The lowest BCUT2D eigenvalue weighted by molar-refractivity contribution is -0.154. The first-order valence-corrected chi connectivity index (χ1v) is 4.60. The van der Waals surface area contributed by atoms with E-state index in [0.29, 0.717) is 0 Å². The monoisotopic (exact) mass is 212 g/mol. The van der Waals surface area contributed by atoms with Gasteiger partial charge in [0, 0.05) is 0 Å². The van der Waals surface area contributed by atoms with Gasteiger partial charge in [0.05, 0.1) is 0 Å². The van der Waals surface area contributed by atoms with Crippen LogP contribution in [0.25, 0.3) is 0 Å². The molecule has 13 heavy (non-hydrogen) atoms. The van der Waals surface area contributed by atoms with Gasteiger partial charge in [0.15, 0.2) is 5.92 Å². The molecule has 0 aromatic carbocycles. The van der Waals surface area contributed by atoms with E-state index in [-0.39, 0.29) is 0 Å². The molecule has 0 radical (unpaired) electrons. The van der Waals surface area contributed by atoms with Gasteiger partial charge in [0.2, 0.25) is 0 Å². The molecule has 0 heterocycles. The second-order valence-electron chi connectivity index (χ2n) is 2.37. The van der Waals surface area contributed by atoms with Gasteiger partial charge >= 0.3 is 11.9 Å². The Kier molecular flexibility index (Phi) is 3.38. The molecule has 0 aliphatic carbocycles. The van der Waals surface area contributed by atoms with Crippen molar-refractivity contribution >= 4 is 22.1 Å². The number of carboxylic acid groups (broad SMARTS) is 2. The normalized spacial score (nSPS) is 14.1. The molecule has 0 saturated heterocycles. The van der Waals surface area contributed by atoms with E-state index in [9.17, 15) is 18.0 Å². The Hall–Kier alpha value is -1.15. The molecule has 76 valence electrons. The zero-order valence-electron chi connectivity index (χ0n) is 6.54. The first-order valence-electron chi connectivity index (χ1n) is 3.10. The Morgan fingerprint density at radius 1 is 1.15 bits per heavy atom. The lowest BCUT2D eigenvalue weighted by atomic mass is 10.1. The maximum absolute atomic E-state index is 10.4. The smallest absolute Gasteiger partial charge is 0.319 e. The standard InChI is InChI=1S/C5H8O7S/c1-2(13(10,11)12)3(4(6)7)5(8)9/h2-3H,1H3,(H,6,7)(H,8,9)(H,10,11,12). The first kappa shape index (κ1) is 11.8. The zero-order valence-corrected chi connectivity index (χ0v) is 7.35. The van der Waals surface area contributed by atoms with E-state index in [1.807, 2.05) is 0 Å². The summed E-state index contributed by atoms with van der Waals surface area (Å²) in [5.74, 6) is -5.77. The van der Waals surface area contributed by atoms with Crippen LogP contribution in [0, 0.1) is 5.92 Å². The molecular weight excluding hydrogens is 204 g/mol. The van der Waals surface area contributed by atoms with Gasteiger partial charge in [-0.15, -0.1) is 0 Å². The van der Waals surface area contributed by atoms with E-state index in [0.717, 1.165) is 6.92 Å². The maximum atomic E-state index is 10.4. The summed E-state index contributed by atoms with van der Waals surface area (Å²) in [7, 11) is -4.65. The minimum Gasteiger partial charge on any atom is -0.481 e. The van der Waals surface area contributed by atoms with Crippen molar-refractivity contribution in [2.24, 2.45) is 5.92 Å². The Bertz CT molecular complexity index is 302. The number of rotatable bonds is 4. The van der Waals surface area contributed by atoms with Crippen LogP contribution in [-0.2, 0) is 19.7 Å². The quantitative estimate of drug-likeness (QED) is 0.404. The molecule has 0 fully saturated rings. The predicted molar refractivity (Wildman–Crippen MR) is 39.8 cm³/mol. The molecular formula is C5H8O7S. The molecule has 0 saturated carbocycles. The maximum Gasteiger partial charge on any atom is 0.319 e.